The van der Waals surface area contributed by atoms with Crippen LogP contribution in [0.25, 0.3) is 0 Å². The minimum atomic E-state index is -0.618. The second-order valence-electron chi connectivity index (χ2n) is 5.00. The summed E-state index contributed by atoms with van der Waals surface area (Å²) in [6.07, 6.45) is 1.15. The van der Waals surface area contributed by atoms with Crippen LogP contribution in [-0.4, -0.2) is 29.1 Å². The molecule has 3 N–H and O–H groups in total. The maximum atomic E-state index is 10.2. The van der Waals surface area contributed by atoms with Gasteiger partial charge in [-0.15, -0.1) is 11.3 Å². The van der Waals surface area contributed by atoms with Crippen molar-refractivity contribution in [1.29, 1.82) is 0 Å². The van der Waals surface area contributed by atoms with Crippen LogP contribution in [0.1, 0.15) is 29.2 Å². The fourth-order valence-corrected chi connectivity index (χ4v) is 3.03. The highest BCUT2D eigenvalue weighted by Gasteiger charge is 2.11. The van der Waals surface area contributed by atoms with E-state index in [1.165, 1.54) is 11.3 Å². The van der Waals surface area contributed by atoms with Crippen LogP contribution in [0.3, 0.4) is 0 Å². The van der Waals surface area contributed by atoms with E-state index in [9.17, 15) is 5.11 Å². The van der Waals surface area contributed by atoms with Crippen molar-refractivity contribution in [2.24, 2.45) is 4.99 Å². The van der Waals surface area contributed by atoms with Gasteiger partial charge in [-0.05, 0) is 37.6 Å². The molecule has 0 fully saturated rings. The van der Waals surface area contributed by atoms with Gasteiger partial charge in [0.2, 0.25) is 0 Å². The average Bonchev–Trinajstić information content (AvgIpc) is 2.98. The zero-order valence-electron chi connectivity index (χ0n) is 13.2. The van der Waals surface area contributed by atoms with Gasteiger partial charge in [0.15, 0.2) is 5.96 Å². The third-order valence-electron chi connectivity index (χ3n) is 3.23. The number of pyridine rings is 1. The number of nitrogens with zero attached hydrogens (tertiary/aromatic N) is 2. The van der Waals surface area contributed by atoms with Crippen LogP contribution in [0.5, 0.6) is 0 Å². The average molecular weight is 353 g/mol. The lowest BCUT2D eigenvalue weighted by molar-refractivity contribution is 0.184. The standard InChI is InChI=1S/C16H21ClN4OS/c1-3-18-16(20-9-12-11(2)5-4-8-19-12)21-10-13(22)14-6-7-15(17)23-14/h4-8,13,22H,3,9-10H2,1-2H3,(H2,18,20,21). The second kappa shape index (κ2) is 8.86. The van der Waals surface area contributed by atoms with Gasteiger partial charge in [0.1, 0.15) is 6.10 Å². The third-order valence-corrected chi connectivity index (χ3v) is 4.57. The van der Waals surface area contributed by atoms with Crippen LogP contribution in [0.2, 0.25) is 4.34 Å². The Morgan fingerprint density at radius 1 is 1.39 bits per heavy atom. The molecule has 0 saturated heterocycles. The van der Waals surface area contributed by atoms with Crippen LogP contribution < -0.4 is 10.6 Å². The lowest BCUT2D eigenvalue weighted by Gasteiger charge is -2.14. The normalized spacial score (nSPS) is 13.0. The molecule has 0 aliphatic carbocycles. The summed E-state index contributed by atoms with van der Waals surface area (Å²) >= 11 is 7.27. The topological polar surface area (TPSA) is 69.5 Å². The number of hydrogen-bond acceptors (Lipinski definition) is 4. The van der Waals surface area contributed by atoms with Gasteiger partial charge in [-0.2, -0.15) is 0 Å². The van der Waals surface area contributed by atoms with Crippen molar-refractivity contribution in [1.82, 2.24) is 15.6 Å². The predicted octanol–water partition coefficient (Wildman–Crippen LogP) is 2.89. The molecule has 0 spiro atoms. The van der Waals surface area contributed by atoms with Crippen molar-refractivity contribution in [3.05, 3.63) is 50.9 Å². The molecule has 0 radical (unpaired) electrons. The first-order valence-electron chi connectivity index (χ1n) is 7.46. The molecule has 124 valence electrons. The van der Waals surface area contributed by atoms with E-state index in [0.29, 0.717) is 23.4 Å². The van der Waals surface area contributed by atoms with Crippen LogP contribution in [0.15, 0.2) is 35.5 Å². The molecule has 1 unspecified atom stereocenters. The molecule has 2 heterocycles. The van der Waals surface area contributed by atoms with E-state index in [1.807, 2.05) is 32.0 Å². The molecule has 2 rings (SSSR count). The van der Waals surface area contributed by atoms with Gasteiger partial charge in [-0.1, -0.05) is 17.7 Å². The van der Waals surface area contributed by atoms with E-state index in [1.54, 1.807) is 12.3 Å². The lowest BCUT2D eigenvalue weighted by atomic mass is 10.2. The molecule has 0 saturated carbocycles. The summed E-state index contributed by atoms with van der Waals surface area (Å²) in [6, 6.07) is 7.55. The lowest BCUT2D eigenvalue weighted by Crippen LogP contribution is -2.39. The zero-order valence-corrected chi connectivity index (χ0v) is 14.8. The molecule has 1 atom stereocenters. The number of aliphatic hydroxyl groups excluding tert-OH is 1. The molecule has 23 heavy (non-hydrogen) atoms. The SMILES string of the molecule is CCNC(=NCc1ncccc1C)NCC(O)c1ccc(Cl)s1. The number of aliphatic imine (C=N–C) groups is 1. The van der Waals surface area contributed by atoms with Gasteiger partial charge in [0.25, 0.3) is 0 Å². The van der Waals surface area contributed by atoms with Crippen molar-refractivity contribution < 1.29 is 5.11 Å². The minimum absolute atomic E-state index is 0.365. The van der Waals surface area contributed by atoms with Crippen molar-refractivity contribution in [3.8, 4) is 0 Å². The molecule has 5 nitrogen and oxygen atoms in total. The quantitative estimate of drug-likeness (QED) is 0.552. The molecule has 0 aliphatic heterocycles. The first kappa shape index (κ1) is 17.7. The number of aryl methyl sites for hydroxylation is 1. The van der Waals surface area contributed by atoms with E-state index in [-0.39, 0.29) is 0 Å². The highest BCUT2D eigenvalue weighted by atomic mass is 35.5. The number of thiophene rings is 1. The van der Waals surface area contributed by atoms with Crippen LogP contribution >= 0.6 is 22.9 Å². The molecule has 7 heteroatoms. The van der Waals surface area contributed by atoms with E-state index in [0.717, 1.165) is 22.7 Å². The number of halogens is 1. The second-order valence-corrected chi connectivity index (χ2v) is 6.75. The summed E-state index contributed by atoms with van der Waals surface area (Å²) in [6.45, 7) is 5.61. The molecule has 0 bridgehead atoms. The largest absolute Gasteiger partial charge is 0.386 e. The molecule has 0 amide bonds. The first-order valence-corrected chi connectivity index (χ1v) is 8.65. The fourth-order valence-electron chi connectivity index (χ4n) is 1.98. The number of hydrogen-bond donors (Lipinski definition) is 3. The molecular weight excluding hydrogens is 332 g/mol. The van der Waals surface area contributed by atoms with Crippen molar-refractivity contribution in [2.75, 3.05) is 13.1 Å². The van der Waals surface area contributed by atoms with Gasteiger partial charge >= 0.3 is 0 Å². The third kappa shape index (κ3) is 5.49. The number of nitrogens with one attached hydrogen (secondary N) is 2. The maximum absolute atomic E-state index is 10.2. The van der Waals surface area contributed by atoms with Gasteiger partial charge in [-0.25, -0.2) is 4.99 Å². The summed E-state index contributed by atoms with van der Waals surface area (Å²) < 4.78 is 0.672. The Bertz CT molecular complexity index is 659. The Labute approximate surface area is 145 Å². The molecule has 2 aromatic rings. The van der Waals surface area contributed by atoms with Crippen molar-refractivity contribution >= 4 is 28.9 Å². The van der Waals surface area contributed by atoms with Crippen LogP contribution in [-0.2, 0) is 6.54 Å². The molecule has 2 aromatic heterocycles. The highest BCUT2D eigenvalue weighted by molar-refractivity contribution is 7.16. The zero-order chi connectivity index (χ0) is 16.7. The van der Waals surface area contributed by atoms with E-state index in [2.05, 4.69) is 20.6 Å². The minimum Gasteiger partial charge on any atom is -0.386 e. The van der Waals surface area contributed by atoms with Crippen LogP contribution in [0.4, 0.5) is 0 Å². The van der Waals surface area contributed by atoms with Crippen molar-refractivity contribution in [3.63, 3.8) is 0 Å². The van der Waals surface area contributed by atoms with E-state index < -0.39 is 6.10 Å². The molecular formula is C16H21ClN4OS. The number of aliphatic hydroxyl groups is 1. The Morgan fingerprint density at radius 3 is 2.87 bits per heavy atom. The highest BCUT2D eigenvalue weighted by Crippen LogP contribution is 2.26. The Kier molecular flexibility index (Phi) is 6.83. The van der Waals surface area contributed by atoms with E-state index >= 15 is 0 Å². The summed E-state index contributed by atoms with van der Waals surface area (Å²) in [5.74, 6) is 0.652. The first-order chi connectivity index (χ1) is 11.1. The maximum Gasteiger partial charge on any atom is 0.191 e. The van der Waals surface area contributed by atoms with Gasteiger partial charge in [0.05, 0.1) is 16.6 Å². The smallest absolute Gasteiger partial charge is 0.191 e. The van der Waals surface area contributed by atoms with Gasteiger partial charge in [0, 0.05) is 24.2 Å². The monoisotopic (exact) mass is 352 g/mol. The fraction of sp³-hybridized carbons (Fsp3) is 0.375. The predicted molar refractivity (Wildman–Crippen MR) is 96.1 cm³/mol. The van der Waals surface area contributed by atoms with E-state index in [4.69, 9.17) is 11.6 Å². The Morgan fingerprint density at radius 2 is 2.22 bits per heavy atom. The van der Waals surface area contributed by atoms with Crippen molar-refractivity contribution in [2.45, 2.75) is 26.5 Å². The Hall–Kier alpha value is -1.63. The number of guanidine groups is 1. The molecule has 0 aliphatic rings. The Balaban J connectivity index is 1.95. The summed E-state index contributed by atoms with van der Waals surface area (Å²) in [4.78, 5) is 9.68. The van der Waals surface area contributed by atoms with Crippen LogP contribution in [0, 0.1) is 6.92 Å². The number of aromatic nitrogens is 1. The summed E-state index contributed by atoms with van der Waals surface area (Å²) in [5.41, 5.74) is 2.05. The summed E-state index contributed by atoms with van der Waals surface area (Å²) in [5, 5.41) is 16.5. The molecule has 0 aromatic carbocycles. The van der Waals surface area contributed by atoms with Gasteiger partial charge < -0.3 is 15.7 Å². The van der Waals surface area contributed by atoms with Gasteiger partial charge in [-0.3, -0.25) is 4.98 Å². The summed E-state index contributed by atoms with van der Waals surface area (Å²) in [7, 11) is 0. The number of rotatable bonds is 6.